The Balaban J connectivity index is 2.33. The molecule has 78 heavy (non-hydrogen) atoms. The van der Waals surface area contributed by atoms with Crippen molar-refractivity contribution in [3.8, 4) is 0 Å². The molecule has 1 heterocycles. The molecule has 1 unspecified atom stereocenters. The molecule has 0 radical (unpaired) electrons. The van der Waals surface area contributed by atoms with Crippen molar-refractivity contribution in [1.29, 1.82) is 0 Å². The van der Waals surface area contributed by atoms with Gasteiger partial charge in [0.25, 0.3) is 23.6 Å². The molecule has 0 spiro atoms. The maximum Gasteiger partial charge on any atom is 0.329 e. The Hall–Kier alpha value is -5.94. The van der Waals surface area contributed by atoms with Crippen LogP contribution in [0.25, 0.3) is 0 Å². The van der Waals surface area contributed by atoms with Gasteiger partial charge in [0.2, 0.25) is 0 Å². The predicted octanol–water partition coefficient (Wildman–Crippen LogP) is 8.44. The number of carbonyl (C=O) groups is 8. The van der Waals surface area contributed by atoms with E-state index in [2.05, 4.69) is 0 Å². The molecule has 0 aliphatic carbocycles. The van der Waals surface area contributed by atoms with Gasteiger partial charge in [-0.15, -0.1) is 0 Å². The second-order valence-corrected chi connectivity index (χ2v) is 25.3. The van der Waals surface area contributed by atoms with E-state index in [-0.39, 0.29) is 48.3 Å². The number of nitrogens with zero attached hydrogens (tertiary/aromatic N) is 4. The monoisotopic (exact) mass is 1100 g/mol. The Morgan fingerprint density at radius 1 is 0.423 bits per heavy atom. The van der Waals surface area contributed by atoms with Gasteiger partial charge in [-0.25, -0.2) is 28.0 Å². The van der Waals surface area contributed by atoms with Crippen molar-refractivity contribution in [1.82, 2.24) is 19.6 Å². The summed E-state index contributed by atoms with van der Waals surface area (Å²) >= 11 is 0. The lowest BCUT2D eigenvalue weighted by Gasteiger charge is -2.36. The highest BCUT2D eigenvalue weighted by Gasteiger charge is 2.44. The summed E-state index contributed by atoms with van der Waals surface area (Å²) in [5.74, 6) is -8.53. The van der Waals surface area contributed by atoms with Crippen molar-refractivity contribution in [2.75, 3.05) is 28.2 Å². The van der Waals surface area contributed by atoms with Crippen molar-refractivity contribution >= 4 is 47.5 Å². The summed E-state index contributed by atoms with van der Waals surface area (Å²) in [7, 11) is 5.05. The van der Waals surface area contributed by atoms with E-state index < -0.39 is 120 Å². The minimum Gasteiger partial charge on any atom is -0.451 e. The maximum absolute atomic E-state index is 15.8. The van der Waals surface area contributed by atoms with Gasteiger partial charge < -0.3 is 38.5 Å². The van der Waals surface area contributed by atoms with E-state index in [0.29, 0.717) is 11.1 Å². The third-order valence-corrected chi connectivity index (χ3v) is 13.9. The fraction of sp³-hybridized carbons (Fsp3) is 0.667. The number of amides is 4. The number of cyclic esters (lactones) is 4. The van der Waals surface area contributed by atoms with E-state index in [9.17, 15) is 38.4 Å². The molecule has 18 heteroatoms. The first-order valence-electron chi connectivity index (χ1n) is 27.1. The highest BCUT2D eigenvalue weighted by molar-refractivity contribution is 5.94. The van der Waals surface area contributed by atoms with Crippen LogP contribution in [0.3, 0.4) is 0 Å². The topological polar surface area (TPSA) is 186 Å². The standard InChI is InChI=1S/C60H90F2N4O12/c1-35(2)29-43-53(71)77-47(31-39-21-25-41(26-22-39)57(7,8)9)51(69)65(19)46(34-60(15,16)62)56(74)76-38(6)50(68)64(18)44(30-36(3)4)54(72)78-48(32-40-23-27-42(28-24-40)58(10,11)12)52(70)66(20)45(33-59(13,14)61)55(73)75-37(5)49(67)63(43)17/h21-28,35-38,43-48H,29-34H2,1-20H3/t37-,38-,43+,44+,45+,46?,47-,48-/m1/s1. The molecule has 1 saturated heterocycles. The maximum atomic E-state index is 15.8. The van der Waals surface area contributed by atoms with Gasteiger partial charge >= 0.3 is 23.9 Å². The van der Waals surface area contributed by atoms with Crippen LogP contribution in [0.15, 0.2) is 48.5 Å². The minimum absolute atomic E-state index is 0.00288. The Kier molecular flexibility index (Phi) is 22.8. The average molecular weight is 1100 g/mol. The van der Waals surface area contributed by atoms with Gasteiger partial charge in [-0.1, -0.05) is 118 Å². The first-order chi connectivity index (χ1) is 35.6. The van der Waals surface area contributed by atoms with Crippen molar-refractivity contribution < 1.29 is 66.1 Å². The Bertz CT molecular complexity index is 2250. The molecule has 1 aliphatic rings. The smallest absolute Gasteiger partial charge is 0.329 e. The lowest BCUT2D eigenvalue weighted by molar-refractivity contribution is -0.176. The first-order valence-corrected chi connectivity index (χ1v) is 27.1. The zero-order valence-electron chi connectivity index (χ0n) is 50.1. The van der Waals surface area contributed by atoms with Crippen LogP contribution in [0.4, 0.5) is 8.78 Å². The fourth-order valence-electron chi connectivity index (χ4n) is 9.15. The first kappa shape index (κ1) is 66.3. The average Bonchev–Trinajstić information content (AvgIpc) is 3.32. The number of benzene rings is 2. The van der Waals surface area contributed by atoms with E-state index in [1.165, 1.54) is 69.7 Å². The summed E-state index contributed by atoms with van der Waals surface area (Å²) in [5, 5.41) is 0. The van der Waals surface area contributed by atoms with E-state index in [0.717, 1.165) is 30.7 Å². The summed E-state index contributed by atoms with van der Waals surface area (Å²) < 4.78 is 55.3. The molecule has 16 nitrogen and oxygen atoms in total. The largest absolute Gasteiger partial charge is 0.451 e. The van der Waals surface area contributed by atoms with Crippen molar-refractivity contribution in [3.63, 3.8) is 0 Å². The lowest BCUT2D eigenvalue weighted by atomic mass is 9.86. The van der Waals surface area contributed by atoms with Crippen LogP contribution in [0, 0.1) is 11.8 Å². The molecular formula is C60H90F2N4O12. The van der Waals surface area contributed by atoms with Gasteiger partial charge in [-0.05, 0) is 99.3 Å². The SMILES string of the molecule is CC(C)C[C@H]1C(=O)O[C@H](Cc2ccc(C(C)(C)C)cc2)C(=O)N(C)[C@@H](CC(C)(C)F)C(=O)O[C@H](C)C(=O)N(C)[C@@H](CC(C)C)C(=O)O[C@H](Cc2ccc(C(C)(C)C)cc2)C(=O)N(C)C(CC(C)(C)F)C(=O)O[C@H](C)C(=O)N1C. The second-order valence-electron chi connectivity index (χ2n) is 25.3. The molecule has 0 N–H and O–H groups in total. The second kappa shape index (κ2) is 26.8. The Labute approximate surface area is 462 Å². The van der Waals surface area contributed by atoms with Gasteiger partial charge in [0, 0.05) is 53.9 Å². The predicted molar refractivity (Wildman–Crippen MR) is 293 cm³/mol. The molecule has 0 bridgehead atoms. The van der Waals surface area contributed by atoms with Crippen molar-refractivity contribution in [2.45, 2.75) is 220 Å². The number of hydrogen-bond donors (Lipinski definition) is 0. The number of carbonyl (C=O) groups excluding carboxylic acids is 8. The van der Waals surface area contributed by atoms with Crippen LogP contribution < -0.4 is 0 Å². The summed E-state index contributed by atoms with van der Waals surface area (Å²) in [5.41, 5.74) is -1.61. The fourth-order valence-corrected chi connectivity index (χ4v) is 9.15. The summed E-state index contributed by atoms with van der Waals surface area (Å²) in [6.45, 7) is 26.6. The molecule has 4 amide bonds. The van der Waals surface area contributed by atoms with Crippen molar-refractivity contribution in [3.05, 3.63) is 70.8 Å². The number of rotatable bonds is 12. The van der Waals surface area contributed by atoms with Gasteiger partial charge in [0.15, 0.2) is 24.4 Å². The number of esters is 4. The van der Waals surface area contributed by atoms with Gasteiger partial charge in [-0.3, -0.25) is 19.2 Å². The van der Waals surface area contributed by atoms with Gasteiger partial charge in [0.05, 0.1) is 0 Å². The van der Waals surface area contributed by atoms with E-state index in [4.69, 9.17) is 18.9 Å². The molecule has 0 saturated carbocycles. The number of alkyl halides is 2. The van der Waals surface area contributed by atoms with E-state index in [1.54, 1.807) is 52.0 Å². The lowest BCUT2D eigenvalue weighted by Crippen LogP contribution is -2.55. The molecule has 2 aromatic rings. The third-order valence-electron chi connectivity index (χ3n) is 13.9. The van der Waals surface area contributed by atoms with Crippen LogP contribution >= 0.6 is 0 Å². The summed E-state index contributed by atoms with van der Waals surface area (Å²) in [4.78, 5) is 120. The number of halogens is 2. The normalized spacial score (nSPS) is 24.3. The van der Waals surface area contributed by atoms with Gasteiger partial charge in [0.1, 0.15) is 35.5 Å². The zero-order valence-corrected chi connectivity index (χ0v) is 50.1. The Morgan fingerprint density at radius 2 is 0.679 bits per heavy atom. The molecule has 8 atom stereocenters. The summed E-state index contributed by atoms with van der Waals surface area (Å²) in [6, 6.07) is 8.37. The van der Waals surface area contributed by atoms with Gasteiger partial charge in [-0.2, -0.15) is 0 Å². The summed E-state index contributed by atoms with van der Waals surface area (Å²) in [6.07, 6.45) is -8.30. The molecule has 436 valence electrons. The van der Waals surface area contributed by atoms with Crippen LogP contribution in [0.2, 0.25) is 0 Å². The van der Waals surface area contributed by atoms with E-state index in [1.807, 2.05) is 65.8 Å². The molecule has 0 aromatic heterocycles. The highest BCUT2D eigenvalue weighted by atomic mass is 19.1. The van der Waals surface area contributed by atoms with Crippen LogP contribution in [-0.2, 0) is 81.0 Å². The molecule has 3 rings (SSSR count). The Morgan fingerprint density at radius 3 is 0.923 bits per heavy atom. The van der Waals surface area contributed by atoms with E-state index >= 15 is 8.78 Å². The van der Waals surface area contributed by atoms with Crippen molar-refractivity contribution in [2.24, 2.45) is 11.8 Å². The number of ether oxygens (including phenoxy) is 4. The minimum atomic E-state index is -2.10. The van der Waals surface area contributed by atoms with Crippen LogP contribution in [-0.4, -0.2) is 155 Å². The third kappa shape index (κ3) is 19.2. The molecule has 1 aliphatic heterocycles. The number of likely N-dealkylation sites (N-methyl/N-ethyl adjacent to an activating group) is 4. The van der Waals surface area contributed by atoms with Crippen LogP contribution in [0.1, 0.15) is 159 Å². The van der Waals surface area contributed by atoms with Crippen LogP contribution in [0.5, 0.6) is 0 Å². The molecule has 2 aromatic carbocycles. The highest BCUT2D eigenvalue weighted by Crippen LogP contribution is 2.29. The molecular weight excluding hydrogens is 1010 g/mol. The quantitative estimate of drug-likeness (QED) is 0.146. The molecule has 1 fully saturated rings. The number of hydrogen-bond acceptors (Lipinski definition) is 12. The zero-order chi connectivity index (χ0) is 59.7.